The predicted octanol–water partition coefficient (Wildman–Crippen LogP) is 5.38. The first-order valence-electron chi connectivity index (χ1n) is 10.0. The Morgan fingerprint density at radius 3 is 2.87 bits per heavy atom. The summed E-state index contributed by atoms with van der Waals surface area (Å²) in [5.41, 5.74) is 3.85. The number of anilines is 1. The quantitative estimate of drug-likeness (QED) is 0.446. The van der Waals surface area contributed by atoms with Gasteiger partial charge in [-0.25, -0.2) is 4.98 Å². The number of ether oxygens (including phenoxy) is 1. The van der Waals surface area contributed by atoms with Gasteiger partial charge in [-0.1, -0.05) is 41.4 Å². The number of para-hydroxylation sites is 1. The molecule has 0 unspecified atom stereocenters. The number of amides is 1. The predicted molar refractivity (Wildman–Crippen MR) is 123 cm³/mol. The molecular formula is C25H19N3O2S. The van der Waals surface area contributed by atoms with Crippen molar-refractivity contribution in [3.05, 3.63) is 72.1 Å². The highest BCUT2D eigenvalue weighted by molar-refractivity contribution is 7.22. The fourth-order valence-corrected chi connectivity index (χ4v) is 4.21. The molecule has 31 heavy (non-hydrogen) atoms. The molecule has 5 nitrogen and oxygen atoms in total. The summed E-state index contributed by atoms with van der Waals surface area (Å²) < 4.78 is 6.46. The highest BCUT2D eigenvalue weighted by atomic mass is 32.1. The fraction of sp³-hybridized carbons (Fsp3) is 0.160. The van der Waals surface area contributed by atoms with Crippen LogP contribution in [0.1, 0.15) is 28.8 Å². The lowest BCUT2D eigenvalue weighted by Crippen LogP contribution is -2.13. The third kappa shape index (κ3) is 4.14. The van der Waals surface area contributed by atoms with Gasteiger partial charge < -0.3 is 4.74 Å². The molecule has 1 N–H and O–H groups in total. The molecule has 0 bridgehead atoms. The van der Waals surface area contributed by atoms with E-state index in [4.69, 9.17) is 4.74 Å². The first-order chi connectivity index (χ1) is 15.2. The van der Waals surface area contributed by atoms with Crippen LogP contribution in [0.4, 0.5) is 5.13 Å². The lowest BCUT2D eigenvalue weighted by molar-refractivity contribution is 0.102. The Morgan fingerprint density at radius 1 is 1.16 bits per heavy atom. The van der Waals surface area contributed by atoms with Gasteiger partial charge in [-0.2, -0.15) is 0 Å². The van der Waals surface area contributed by atoms with E-state index in [9.17, 15) is 4.79 Å². The number of carbonyl (C=O) groups excluding carboxylic acids is 1. The highest BCUT2D eigenvalue weighted by Gasteiger charge is 2.18. The third-order valence-corrected chi connectivity index (χ3v) is 6.00. The van der Waals surface area contributed by atoms with Crippen molar-refractivity contribution in [2.45, 2.75) is 12.8 Å². The monoisotopic (exact) mass is 425 g/mol. The molecule has 4 aromatic rings. The van der Waals surface area contributed by atoms with Crippen molar-refractivity contribution in [2.75, 3.05) is 12.4 Å². The summed E-state index contributed by atoms with van der Waals surface area (Å²) in [5, 5.41) is 3.49. The first kappa shape index (κ1) is 19.3. The number of nitrogens with one attached hydrogen (secondary N) is 1. The van der Waals surface area contributed by atoms with Crippen LogP contribution in [0, 0.1) is 17.8 Å². The number of thiazole rings is 1. The second-order valence-corrected chi connectivity index (χ2v) is 8.35. The summed E-state index contributed by atoms with van der Waals surface area (Å²) in [4.78, 5) is 21.9. The smallest absolute Gasteiger partial charge is 0.258 e. The van der Waals surface area contributed by atoms with Crippen molar-refractivity contribution in [2.24, 2.45) is 5.92 Å². The van der Waals surface area contributed by atoms with Crippen molar-refractivity contribution in [3.8, 4) is 28.7 Å². The van der Waals surface area contributed by atoms with Crippen LogP contribution in [0.25, 0.3) is 21.3 Å². The zero-order valence-electron chi connectivity index (χ0n) is 16.9. The average molecular weight is 426 g/mol. The van der Waals surface area contributed by atoms with Gasteiger partial charge in [0, 0.05) is 35.0 Å². The molecule has 0 saturated heterocycles. The Bertz CT molecular complexity index is 1350. The molecule has 1 amide bonds. The Balaban J connectivity index is 1.43. The Labute approximate surface area is 184 Å². The summed E-state index contributed by atoms with van der Waals surface area (Å²) in [6, 6.07) is 15.2. The summed E-state index contributed by atoms with van der Waals surface area (Å²) in [6.45, 7) is 0. The number of nitrogens with zero attached hydrogens (tertiary/aromatic N) is 2. The van der Waals surface area contributed by atoms with Crippen LogP contribution >= 0.6 is 11.3 Å². The van der Waals surface area contributed by atoms with E-state index in [1.165, 1.54) is 24.2 Å². The number of fused-ring (bicyclic) bond motifs is 1. The maximum atomic E-state index is 13.1. The van der Waals surface area contributed by atoms with Crippen LogP contribution in [0.5, 0.6) is 5.75 Å². The van der Waals surface area contributed by atoms with Gasteiger partial charge in [-0.15, -0.1) is 0 Å². The number of pyridine rings is 1. The summed E-state index contributed by atoms with van der Waals surface area (Å²) in [5.74, 6) is 7.52. The number of benzene rings is 2. The molecular weight excluding hydrogens is 406 g/mol. The Kier molecular flexibility index (Phi) is 5.11. The summed E-state index contributed by atoms with van der Waals surface area (Å²) >= 11 is 1.44. The van der Waals surface area contributed by atoms with Gasteiger partial charge in [-0.05, 0) is 43.2 Å². The van der Waals surface area contributed by atoms with Crippen LogP contribution < -0.4 is 10.1 Å². The first-order valence-corrected chi connectivity index (χ1v) is 10.8. The van der Waals surface area contributed by atoms with Gasteiger partial charge in [0.15, 0.2) is 5.13 Å². The van der Waals surface area contributed by atoms with E-state index in [0.29, 0.717) is 27.9 Å². The summed E-state index contributed by atoms with van der Waals surface area (Å²) in [7, 11) is 1.61. The molecule has 152 valence electrons. The molecule has 0 spiro atoms. The number of carbonyl (C=O) groups is 1. The highest BCUT2D eigenvalue weighted by Crippen LogP contribution is 2.33. The van der Waals surface area contributed by atoms with E-state index in [2.05, 4.69) is 27.1 Å². The van der Waals surface area contributed by atoms with Gasteiger partial charge in [-0.3, -0.25) is 15.1 Å². The minimum atomic E-state index is -0.240. The lowest BCUT2D eigenvalue weighted by atomic mass is 10.0. The molecule has 0 atom stereocenters. The van der Waals surface area contributed by atoms with Crippen molar-refractivity contribution in [3.63, 3.8) is 0 Å². The maximum Gasteiger partial charge on any atom is 0.258 e. The van der Waals surface area contributed by atoms with Gasteiger partial charge in [0.1, 0.15) is 5.75 Å². The standard InChI is InChI=1S/C25H19N3O2S/c1-30-22-5-3-2-4-18(22)20-15-26-13-12-19(20)24(29)28-25-27-21-11-10-17(14-23(21)31-25)9-8-16-6-7-16/h2-5,10-16H,6-7H2,1H3,(H,27,28,29). The molecule has 2 aromatic heterocycles. The molecule has 5 rings (SSSR count). The van der Waals surface area contributed by atoms with E-state index in [1.807, 2.05) is 42.5 Å². The zero-order valence-corrected chi connectivity index (χ0v) is 17.7. The minimum absolute atomic E-state index is 0.240. The number of hydrogen-bond acceptors (Lipinski definition) is 5. The van der Waals surface area contributed by atoms with E-state index >= 15 is 0 Å². The molecule has 1 saturated carbocycles. The fourth-order valence-electron chi connectivity index (χ4n) is 3.31. The van der Waals surface area contributed by atoms with Crippen molar-refractivity contribution in [1.29, 1.82) is 0 Å². The van der Waals surface area contributed by atoms with E-state index in [0.717, 1.165) is 21.3 Å². The Hall–Kier alpha value is -3.69. The van der Waals surface area contributed by atoms with Crippen LogP contribution in [0.3, 0.4) is 0 Å². The van der Waals surface area contributed by atoms with Crippen LogP contribution in [0.15, 0.2) is 60.9 Å². The lowest BCUT2D eigenvalue weighted by Gasteiger charge is -2.12. The number of methoxy groups -OCH3 is 1. The molecule has 0 aliphatic heterocycles. The van der Waals surface area contributed by atoms with E-state index < -0.39 is 0 Å². The van der Waals surface area contributed by atoms with Crippen molar-refractivity contribution >= 4 is 32.6 Å². The van der Waals surface area contributed by atoms with Gasteiger partial charge in [0.2, 0.25) is 0 Å². The van der Waals surface area contributed by atoms with Crippen molar-refractivity contribution < 1.29 is 9.53 Å². The second-order valence-electron chi connectivity index (χ2n) is 7.32. The van der Waals surface area contributed by atoms with Crippen LogP contribution in [-0.4, -0.2) is 23.0 Å². The molecule has 1 aliphatic carbocycles. The molecule has 1 fully saturated rings. The largest absolute Gasteiger partial charge is 0.496 e. The van der Waals surface area contributed by atoms with Gasteiger partial charge in [0.25, 0.3) is 5.91 Å². The van der Waals surface area contributed by atoms with Crippen LogP contribution in [0.2, 0.25) is 0 Å². The van der Waals surface area contributed by atoms with Crippen molar-refractivity contribution in [1.82, 2.24) is 9.97 Å². The number of aromatic nitrogens is 2. The normalized spacial score (nSPS) is 12.8. The minimum Gasteiger partial charge on any atom is -0.496 e. The molecule has 2 aromatic carbocycles. The third-order valence-electron chi connectivity index (χ3n) is 5.07. The molecule has 1 aliphatic rings. The van der Waals surface area contributed by atoms with Crippen LogP contribution in [-0.2, 0) is 0 Å². The zero-order chi connectivity index (χ0) is 21.2. The molecule has 2 heterocycles. The van der Waals surface area contributed by atoms with E-state index in [1.54, 1.807) is 25.6 Å². The second kappa shape index (κ2) is 8.21. The molecule has 6 heteroatoms. The van der Waals surface area contributed by atoms with E-state index in [-0.39, 0.29) is 5.91 Å². The maximum absolute atomic E-state index is 13.1. The average Bonchev–Trinajstić information content (AvgIpc) is 3.55. The summed E-state index contributed by atoms with van der Waals surface area (Å²) in [6.07, 6.45) is 5.70. The molecule has 0 radical (unpaired) electrons. The number of rotatable bonds is 4. The Morgan fingerprint density at radius 2 is 2.03 bits per heavy atom. The van der Waals surface area contributed by atoms with Gasteiger partial charge >= 0.3 is 0 Å². The van der Waals surface area contributed by atoms with Gasteiger partial charge in [0.05, 0.1) is 22.9 Å². The topological polar surface area (TPSA) is 64.1 Å². The SMILES string of the molecule is COc1ccccc1-c1cnccc1C(=O)Nc1nc2ccc(C#CC3CC3)cc2s1. The number of hydrogen-bond donors (Lipinski definition) is 1.